The van der Waals surface area contributed by atoms with Crippen LogP contribution >= 0.6 is 15.9 Å². The standard InChI is InChI=1S/C17H13BrN2O2/c18-13-5-7-14(8-6-13)19-16(21)11-20-10-9-12-3-1-2-4-15(12)17(20)22/h1-10H,11H2,(H,19,21). The molecule has 0 atom stereocenters. The number of aromatic nitrogens is 1. The van der Waals surface area contributed by atoms with Crippen LogP contribution in [0.25, 0.3) is 10.8 Å². The number of hydrogen-bond donors (Lipinski definition) is 1. The molecule has 1 aromatic heterocycles. The van der Waals surface area contributed by atoms with Crippen molar-refractivity contribution in [2.24, 2.45) is 0 Å². The van der Waals surface area contributed by atoms with Gasteiger partial charge in [-0.3, -0.25) is 9.59 Å². The number of amides is 1. The predicted octanol–water partition coefficient (Wildman–Crippen LogP) is 3.40. The number of pyridine rings is 1. The molecule has 1 N–H and O–H groups in total. The van der Waals surface area contributed by atoms with Crippen molar-refractivity contribution >= 4 is 38.3 Å². The van der Waals surface area contributed by atoms with Crippen molar-refractivity contribution < 1.29 is 4.79 Å². The number of benzene rings is 2. The summed E-state index contributed by atoms with van der Waals surface area (Å²) >= 11 is 3.34. The second-order valence-corrected chi connectivity index (χ2v) is 5.81. The van der Waals surface area contributed by atoms with Gasteiger partial charge in [-0.2, -0.15) is 0 Å². The Kier molecular flexibility index (Phi) is 4.06. The van der Waals surface area contributed by atoms with E-state index in [-0.39, 0.29) is 18.0 Å². The number of rotatable bonds is 3. The Labute approximate surface area is 135 Å². The second kappa shape index (κ2) is 6.15. The summed E-state index contributed by atoms with van der Waals surface area (Å²) in [6.07, 6.45) is 1.64. The van der Waals surface area contributed by atoms with Crippen LogP contribution in [-0.4, -0.2) is 10.5 Å². The Morgan fingerprint density at radius 2 is 1.77 bits per heavy atom. The van der Waals surface area contributed by atoms with E-state index in [2.05, 4.69) is 21.2 Å². The second-order valence-electron chi connectivity index (χ2n) is 4.89. The lowest BCUT2D eigenvalue weighted by molar-refractivity contribution is -0.116. The molecule has 2 aromatic carbocycles. The minimum atomic E-state index is -0.236. The van der Waals surface area contributed by atoms with Gasteiger partial charge in [-0.05, 0) is 41.8 Å². The molecule has 0 saturated carbocycles. The zero-order chi connectivity index (χ0) is 15.5. The highest BCUT2D eigenvalue weighted by atomic mass is 79.9. The van der Waals surface area contributed by atoms with Gasteiger partial charge in [0.05, 0.1) is 0 Å². The van der Waals surface area contributed by atoms with E-state index >= 15 is 0 Å². The van der Waals surface area contributed by atoms with E-state index in [9.17, 15) is 9.59 Å². The maximum atomic E-state index is 12.3. The average Bonchev–Trinajstić information content (AvgIpc) is 2.53. The molecule has 3 aromatic rings. The van der Waals surface area contributed by atoms with Crippen LogP contribution in [0.3, 0.4) is 0 Å². The number of halogens is 1. The Morgan fingerprint density at radius 1 is 1.05 bits per heavy atom. The Bertz CT molecular complexity index is 885. The van der Waals surface area contributed by atoms with Crippen LogP contribution in [0.1, 0.15) is 0 Å². The fraction of sp³-hybridized carbons (Fsp3) is 0.0588. The monoisotopic (exact) mass is 356 g/mol. The van der Waals surface area contributed by atoms with E-state index in [1.165, 1.54) is 4.57 Å². The lowest BCUT2D eigenvalue weighted by Gasteiger charge is -2.08. The van der Waals surface area contributed by atoms with Gasteiger partial charge in [-0.1, -0.05) is 34.1 Å². The molecule has 0 radical (unpaired) electrons. The number of anilines is 1. The summed E-state index contributed by atoms with van der Waals surface area (Å²) in [5, 5.41) is 4.26. The van der Waals surface area contributed by atoms with Crippen molar-refractivity contribution in [2.75, 3.05) is 5.32 Å². The van der Waals surface area contributed by atoms with Crippen molar-refractivity contribution in [2.45, 2.75) is 6.54 Å². The molecule has 1 amide bonds. The van der Waals surface area contributed by atoms with E-state index in [1.54, 1.807) is 24.4 Å². The Balaban J connectivity index is 1.81. The first kappa shape index (κ1) is 14.5. The largest absolute Gasteiger partial charge is 0.325 e. The maximum Gasteiger partial charge on any atom is 0.258 e. The number of nitrogens with one attached hydrogen (secondary N) is 1. The summed E-state index contributed by atoms with van der Waals surface area (Å²) in [5.74, 6) is -0.236. The minimum absolute atomic E-state index is 0.0142. The van der Waals surface area contributed by atoms with E-state index in [4.69, 9.17) is 0 Å². The summed E-state index contributed by atoms with van der Waals surface area (Å²) in [6, 6.07) is 16.5. The van der Waals surface area contributed by atoms with Crippen LogP contribution in [-0.2, 0) is 11.3 Å². The van der Waals surface area contributed by atoms with Crippen molar-refractivity contribution in [3.8, 4) is 0 Å². The molecule has 22 heavy (non-hydrogen) atoms. The number of fused-ring (bicyclic) bond motifs is 1. The molecule has 1 heterocycles. The van der Waals surface area contributed by atoms with E-state index in [1.807, 2.05) is 36.4 Å². The lowest BCUT2D eigenvalue weighted by Crippen LogP contribution is -2.27. The molecule has 5 heteroatoms. The zero-order valence-electron chi connectivity index (χ0n) is 11.6. The van der Waals surface area contributed by atoms with Gasteiger partial charge in [0.25, 0.3) is 5.56 Å². The lowest BCUT2D eigenvalue weighted by atomic mass is 10.2. The van der Waals surface area contributed by atoms with Crippen LogP contribution in [0.15, 0.2) is 70.1 Å². The molecular formula is C17H13BrN2O2. The van der Waals surface area contributed by atoms with Gasteiger partial charge in [0.15, 0.2) is 0 Å². The summed E-state index contributed by atoms with van der Waals surface area (Å²) in [5.41, 5.74) is 0.533. The van der Waals surface area contributed by atoms with Gasteiger partial charge >= 0.3 is 0 Å². The SMILES string of the molecule is O=C(Cn1ccc2ccccc2c1=O)Nc1ccc(Br)cc1. The maximum absolute atomic E-state index is 12.3. The average molecular weight is 357 g/mol. The fourth-order valence-corrected chi connectivity index (χ4v) is 2.51. The fourth-order valence-electron chi connectivity index (χ4n) is 2.24. The summed E-state index contributed by atoms with van der Waals surface area (Å²) in [6.45, 7) is -0.0142. The normalized spacial score (nSPS) is 10.6. The molecule has 0 bridgehead atoms. The van der Waals surface area contributed by atoms with Gasteiger partial charge in [-0.15, -0.1) is 0 Å². The van der Waals surface area contributed by atoms with Gasteiger partial charge in [0.2, 0.25) is 5.91 Å². The highest BCUT2D eigenvalue weighted by Gasteiger charge is 2.07. The van der Waals surface area contributed by atoms with Crippen LogP contribution in [0, 0.1) is 0 Å². The first-order valence-electron chi connectivity index (χ1n) is 6.77. The molecule has 0 aliphatic heterocycles. The molecule has 0 saturated heterocycles. The van der Waals surface area contributed by atoms with Gasteiger partial charge in [0, 0.05) is 21.7 Å². The first-order chi connectivity index (χ1) is 10.6. The van der Waals surface area contributed by atoms with Gasteiger partial charge in [0.1, 0.15) is 6.54 Å². The number of carbonyl (C=O) groups is 1. The van der Waals surface area contributed by atoms with E-state index in [0.29, 0.717) is 11.1 Å². The molecule has 0 aliphatic rings. The van der Waals surface area contributed by atoms with Gasteiger partial charge < -0.3 is 9.88 Å². The molecule has 0 aliphatic carbocycles. The molecule has 0 spiro atoms. The third-order valence-electron chi connectivity index (χ3n) is 3.33. The van der Waals surface area contributed by atoms with Crippen LogP contribution in [0.5, 0.6) is 0 Å². The predicted molar refractivity (Wildman–Crippen MR) is 91.0 cm³/mol. The number of hydrogen-bond acceptors (Lipinski definition) is 2. The highest BCUT2D eigenvalue weighted by molar-refractivity contribution is 9.10. The summed E-state index contributed by atoms with van der Waals surface area (Å²) < 4.78 is 2.35. The third-order valence-corrected chi connectivity index (χ3v) is 3.86. The molecular weight excluding hydrogens is 344 g/mol. The Morgan fingerprint density at radius 3 is 2.55 bits per heavy atom. The third kappa shape index (κ3) is 3.09. The first-order valence-corrected chi connectivity index (χ1v) is 7.56. The van der Waals surface area contributed by atoms with Crippen LogP contribution in [0.4, 0.5) is 5.69 Å². The van der Waals surface area contributed by atoms with Crippen molar-refractivity contribution in [3.63, 3.8) is 0 Å². The summed E-state index contributed by atoms with van der Waals surface area (Å²) in [7, 11) is 0. The molecule has 0 fully saturated rings. The molecule has 4 nitrogen and oxygen atoms in total. The van der Waals surface area contributed by atoms with Crippen molar-refractivity contribution in [3.05, 3.63) is 75.6 Å². The smallest absolute Gasteiger partial charge is 0.258 e. The number of nitrogens with zero attached hydrogens (tertiary/aromatic N) is 1. The summed E-state index contributed by atoms with van der Waals surface area (Å²) in [4.78, 5) is 24.4. The Hall–Kier alpha value is -2.40. The van der Waals surface area contributed by atoms with Gasteiger partial charge in [-0.25, -0.2) is 0 Å². The quantitative estimate of drug-likeness (QED) is 0.781. The van der Waals surface area contributed by atoms with Crippen LogP contribution < -0.4 is 10.9 Å². The topological polar surface area (TPSA) is 51.1 Å². The molecule has 0 unspecified atom stereocenters. The molecule has 3 rings (SSSR count). The highest BCUT2D eigenvalue weighted by Crippen LogP contribution is 2.14. The van der Waals surface area contributed by atoms with E-state index in [0.717, 1.165) is 9.86 Å². The zero-order valence-corrected chi connectivity index (χ0v) is 13.2. The van der Waals surface area contributed by atoms with Crippen molar-refractivity contribution in [1.29, 1.82) is 0 Å². The van der Waals surface area contributed by atoms with Crippen LogP contribution in [0.2, 0.25) is 0 Å². The minimum Gasteiger partial charge on any atom is -0.325 e. The van der Waals surface area contributed by atoms with E-state index < -0.39 is 0 Å². The van der Waals surface area contributed by atoms with Crippen molar-refractivity contribution in [1.82, 2.24) is 4.57 Å². The number of carbonyl (C=O) groups excluding carboxylic acids is 1. The molecule has 110 valence electrons.